The van der Waals surface area contributed by atoms with E-state index in [2.05, 4.69) is 9.97 Å². The predicted molar refractivity (Wildman–Crippen MR) is 94.7 cm³/mol. The van der Waals surface area contributed by atoms with Crippen LogP contribution in [0.1, 0.15) is 16.1 Å². The highest BCUT2D eigenvalue weighted by Gasteiger charge is 2.13. The van der Waals surface area contributed by atoms with Crippen molar-refractivity contribution in [3.8, 4) is 16.8 Å². The quantitative estimate of drug-likeness (QED) is 0.390. The maximum atomic E-state index is 12.4. The molecule has 0 aliphatic carbocycles. The smallest absolute Gasteiger partial charge is 0.203 e. The van der Waals surface area contributed by atoms with Gasteiger partial charge in [0.05, 0.1) is 11.4 Å². The molecule has 0 bridgehead atoms. The summed E-state index contributed by atoms with van der Waals surface area (Å²) in [5.74, 6) is -0.360. The van der Waals surface area contributed by atoms with Crippen LogP contribution >= 0.6 is 22.9 Å². The third-order valence-electron chi connectivity index (χ3n) is 3.17. The van der Waals surface area contributed by atoms with Crippen molar-refractivity contribution in [2.24, 2.45) is 0 Å². The number of allylic oxidation sites excluding steroid dienone is 1. The topological polar surface area (TPSA) is 66.6 Å². The standard InChI is InChI=1S/C18H10ClN3OS/c19-14-6-4-12(5-7-14)17(23)13(10-20)9-15-11-24-18(22-15)16-3-1-2-8-21-16/h1-9,11H/b13-9+. The van der Waals surface area contributed by atoms with E-state index in [0.29, 0.717) is 16.3 Å². The number of aromatic nitrogens is 2. The summed E-state index contributed by atoms with van der Waals surface area (Å²) < 4.78 is 0. The van der Waals surface area contributed by atoms with Gasteiger partial charge in [0.25, 0.3) is 0 Å². The van der Waals surface area contributed by atoms with E-state index in [0.717, 1.165) is 10.7 Å². The first-order valence-electron chi connectivity index (χ1n) is 6.96. The van der Waals surface area contributed by atoms with E-state index in [1.807, 2.05) is 24.3 Å². The molecule has 0 spiro atoms. The number of carbonyl (C=O) groups excluding carboxylic acids is 1. The second-order valence-corrected chi connectivity index (χ2v) is 6.09. The number of hydrogen-bond acceptors (Lipinski definition) is 5. The molecule has 24 heavy (non-hydrogen) atoms. The molecule has 4 nitrogen and oxygen atoms in total. The van der Waals surface area contributed by atoms with Gasteiger partial charge in [-0.25, -0.2) is 4.98 Å². The monoisotopic (exact) mass is 351 g/mol. The zero-order valence-electron chi connectivity index (χ0n) is 12.3. The summed E-state index contributed by atoms with van der Waals surface area (Å²) in [6.07, 6.45) is 3.18. The van der Waals surface area contributed by atoms with E-state index in [9.17, 15) is 10.1 Å². The van der Waals surface area contributed by atoms with E-state index < -0.39 is 0 Å². The average Bonchev–Trinajstić information content (AvgIpc) is 3.09. The van der Waals surface area contributed by atoms with Gasteiger partial charge >= 0.3 is 0 Å². The molecule has 2 heterocycles. The van der Waals surface area contributed by atoms with Crippen LogP contribution in [0.4, 0.5) is 0 Å². The van der Waals surface area contributed by atoms with Crippen molar-refractivity contribution in [3.63, 3.8) is 0 Å². The number of pyridine rings is 1. The molecule has 0 radical (unpaired) electrons. The fourth-order valence-corrected chi connectivity index (χ4v) is 2.89. The highest BCUT2D eigenvalue weighted by molar-refractivity contribution is 7.13. The van der Waals surface area contributed by atoms with Crippen LogP contribution in [0.15, 0.2) is 59.6 Å². The van der Waals surface area contributed by atoms with Gasteiger partial charge in [-0.05, 0) is 42.5 Å². The first-order chi connectivity index (χ1) is 11.7. The number of halogens is 1. The molecule has 116 valence electrons. The Labute approximate surface area is 147 Å². The minimum atomic E-state index is -0.360. The Hall–Kier alpha value is -2.81. The van der Waals surface area contributed by atoms with Gasteiger partial charge in [-0.3, -0.25) is 9.78 Å². The van der Waals surface area contributed by atoms with Gasteiger partial charge in [0.2, 0.25) is 5.78 Å². The zero-order valence-corrected chi connectivity index (χ0v) is 13.9. The summed E-state index contributed by atoms with van der Waals surface area (Å²) >= 11 is 7.22. The Balaban J connectivity index is 1.89. The second kappa shape index (κ2) is 7.18. The van der Waals surface area contributed by atoms with Crippen LogP contribution in [0, 0.1) is 11.3 Å². The summed E-state index contributed by atoms with van der Waals surface area (Å²) in [7, 11) is 0. The molecule has 3 rings (SSSR count). The second-order valence-electron chi connectivity index (χ2n) is 4.80. The molecule has 3 aromatic rings. The van der Waals surface area contributed by atoms with E-state index in [1.54, 1.807) is 35.8 Å². The predicted octanol–water partition coefficient (Wildman–Crippen LogP) is 4.65. The number of rotatable bonds is 4. The number of hydrogen-bond donors (Lipinski definition) is 0. The van der Waals surface area contributed by atoms with Gasteiger partial charge in [0.1, 0.15) is 16.6 Å². The largest absolute Gasteiger partial charge is 0.288 e. The normalized spacial score (nSPS) is 11.1. The number of nitriles is 1. The lowest BCUT2D eigenvalue weighted by Crippen LogP contribution is -2.01. The highest BCUT2D eigenvalue weighted by atomic mass is 35.5. The summed E-state index contributed by atoms with van der Waals surface area (Å²) in [5.41, 5.74) is 1.74. The summed E-state index contributed by atoms with van der Waals surface area (Å²) in [6.45, 7) is 0. The molecule has 0 saturated heterocycles. The van der Waals surface area contributed by atoms with Crippen LogP contribution in [0.2, 0.25) is 5.02 Å². The molecular formula is C18H10ClN3OS. The van der Waals surface area contributed by atoms with Gasteiger partial charge in [0.15, 0.2) is 0 Å². The lowest BCUT2D eigenvalue weighted by molar-refractivity contribution is 0.104. The maximum absolute atomic E-state index is 12.4. The number of Topliss-reactive ketones (excluding diaryl/α,β-unsaturated/α-hetero) is 1. The Morgan fingerprint density at radius 3 is 2.67 bits per heavy atom. The van der Waals surface area contributed by atoms with Crippen molar-refractivity contribution in [1.29, 1.82) is 5.26 Å². The zero-order chi connectivity index (χ0) is 16.9. The summed E-state index contributed by atoms with van der Waals surface area (Å²) in [5, 5.41) is 12.4. The fraction of sp³-hybridized carbons (Fsp3) is 0. The molecule has 0 unspecified atom stereocenters. The van der Waals surface area contributed by atoms with Crippen LogP contribution in [0.25, 0.3) is 16.8 Å². The molecule has 0 N–H and O–H groups in total. The Morgan fingerprint density at radius 1 is 1.21 bits per heavy atom. The van der Waals surface area contributed by atoms with E-state index >= 15 is 0 Å². The lowest BCUT2D eigenvalue weighted by atomic mass is 10.0. The van der Waals surface area contributed by atoms with Crippen molar-refractivity contribution in [2.75, 3.05) is 0 Å². The molecule has 0 saturated carbocycles. The van der Waals surface area contributed by atoms with Crippen molar-refractivity contribution in [3.05, 3.63) is 75.9 Å². The first-order valence-corrected chi connectivity index (χ1v) is 8.22. The fourth-order valence-electron chi connectivity index (χ4n) is 2.01. The molecule has 0 aliphatic heterocycles. The summed E-state index contributed by atoms with van der Waals surface area (Å²) in [4.78, 5) is 21.0. The van der Waals surface area contributed by atoms with Gasteiger partial charge in [-0.2, -0.15) is 5.26 Å². The van der Waals surface area contributed by atoms with Gasteiger partial charge in [-0.15, -0.1) is 11.3 Å². The lowest BCUT2D eigenvalue weighted by Gasteiger charge is -1.99. The molecular weight excluding hydrogens is 342 g/mol. The maximum Gasteiger partial charge on any atom is 0.203 e. The van der Waals surface area contributed by atoms with Gasteiger partial charge in [-0.1, -0.05) is 17.7 Å². The average molecular weight is 352 g/mol. The first kappa shape index (κ1) is 16.1. The molecule has 0 amide bonds. The van der Waals surface area contributed by atoms with Crippen LogP contribution in [0.5, 0.6) is 0 Å². The molecule has 6 heteroatoms. The van der Waals surface area contributed by atoms with Crippen LogP contribution in [-0.4, -0.2) is 15.8 Å². The number of benzene rings is 1. The minimum Gasteiger partial charge on any atom is -0.288 e. The number of nitrogens with zero attached hydrogens (tertiary/aromatic N) is 3. The Kier molecular flexibility index (Phi) is 4.80. The molecule has 0 atom stereocenters. The minimum absolute atomic E-state index is 0.0233. The van der Waals surface area contributed by atoms with Crippen molar-refractivity contribution in [1.82, 2.24) is 9.97 Å². The molecule has 2 aromatic heterocycles. The SMILES string of the molecule is N#C/C(=C\c1csc(-c2ccccn2)n1)C(=O)c1ccc(Cl)cc1. The number of thiazole rings is 1. The van der Waals surface area contributed by atoms with Gasteiger partial charge < -0.3 is 0 Å². The third kappa shape index (κ3) is 3.57. The third-order valence-corrected chi connectivity index (χ3v) is 4.30. The number of carbonyl (C=O) groups is 1. The van der Waals surface area contributed by atoms with Crippen molar-refractivity contribution in [2.45, 2.75) is 0 Å². The van der Waals surface area contributed by atoms with Crippen molar-refractivity contribution < 1.29 is 4.79 Å². The molecule has 0 aliphatic rings. The van der Waals surface area contributed by atoms with Crippen LogP contribution in [-0.2, 0) is 0 Å². The van der Waals surface area contributed by atoms with Crippen molar-refractivity contribution >= 4 is 34.8 Å². The van der Waals surface area contributed by atoms with E-state index in [-0.39, 0.29) is 11.4 Å². The van der Waals surface area contributed by atoms with E-state index in [1.165, 1.54) is 17.4 Å². The highest BCUT2D eigenvalue weighted by Crippen LogP contribution is 2.23. The van der Waals surface area contributed by atoms with Crippen LogP contribution in [0.3, 0.4) is 0 Å². The van der Waals surface area contributed by atoms with Crippen LogP contribution < -0.4 is 0 Å². The number of ketones is 1. The Morgan fingerprint density at radius 2 is 2.00 bits per heavy atom. The molecule has 0 fully saturated rings. The Bertz CT molecular complexity index is 940. The van der Waals surface area contributed by atoms with E-state index in [4.69, 9.17) is 11.6 Å². The van der Waals surface area contributed by atoms with Gasteiger partial charge in [0, 0.05) is 22.2 Å². The summed E-state index contributed by atoms with van der Waals surface area (Å²) in [6, 6.07) is 13.9. The molecule has 1 aromatic carbocycles.